The predicted molar refractivity (Wildman–Crippen MR) is 58.7 cm³/mol. The number of rotatable bonds is 2. The van der Waals surface area contributed by atoms with Crippen LogP contribution in [0.1, 0.15) is 22.8 Å². The molecule has 0 bridgehead atoms. The molecule has 0 heterocycles. The van der Waals surface area contributed by atoms with E-state index in [1.807, 2.05) is 6.07 Å². The number of nitrogens with zero attached hydrogens (tertiary/aromatic N) is 1. The number of carbonyl (C=O) groups excluding carboxylic acids is 1. The molecule has 1 aromatic carbocycles. The van der Waals surface area contributed by atoms with E-state index in [0.29, 0.717) is 10.6 Å². The summed E-state index contributed by atoms with van der Waals surface area (Å²) in [6.45, 7) is 3.39. The molecule has 0 saturated heterocycles. The highest BCUT2D eigenvalue weighted by atomic mass is 35.5. The first-order valence-electron chi connectivity index (χ1n) is 4.52. The van der Waals surface area contributed by atoms with Crippen molar-refractivity contribution in [1.29, 1.82) is 5.26 Å². The molecule has 0 aliphatic rings. The van der Waals surface area contributed by atoms with E-state index in [9.17, 15) is 4.79 Å². The van der Waals surface area contributed by atoms with Crippen LogP contribution in [0.5, 0.6) is 0 Å². The summed E-state index contributed by atoms with van der Waals surface area (Å²) in [6.07, 6.45) is 0. The molecule has 0 radical (unpaired) electrons. The molecular weight excluding hydrogens is 212 g/mol. The van der Waals surface area contributed by atoms with Crippen molar-refractivity contribution in [2.24, 2.45) is 0 Å². The number of hydrogen-bond acceptors (Lipinski definition) is 2. The second-order valence-electron chi connectivity index (χ2n) is 3.24. The summed E-state index contributed by atoms with van der Waals surface area (Å²) >= 11 is 5.88. The van der Waals surface area contributed by atoms with Crippen LogP contribution in [0.15, 0.2) is 18.2 Å². The van der Waals surface area contributed by atoms with Crippen molar-refractivity contribution in [2.75, 3.05) is 0 Å². The van der Waals surface area contributed by atoms with E-state index in [2.05, 4.69) is 5.32 Å². The highest BCUT2D eigenvalue weighted by molar-refractivity contribution is 6.31. The summed E-state index contributed by atoms with van der Waals surface area (Å²) in [4.78, 5) is 11.7. The van der Waals surface area contributed by atoms with Gasteiger partial charge >= 0.3 is 0 Å². The van der Waals surface area contributed by atoms with E-state index in [0.717, 1.165) is 5.56 Å². The maximum absolute atomic E-state index is 11.7. The Morgan fingerprint density at radius 2 is 2.27 bits per heavy atom. The zero-order valence-corrected chi connectivity index (χ0v) is 9.30. The van der Waals surface area contributed by atoms with Crippen LogP contribution in [-0.4, -0.2) is 11.9 Å². The van der Waals surface area contributed by atoms with E-state index in [1.165, 1.54) is 0 Å². The summed E-state index contributed by atoms with van der Waals surface area (Å²) in [7, 11) is 0. The molecule has 1 N–H and O–H groups in total. The SMILES string of the molecule is Cc1c(Cl)cccc1C(=O)NC(C)C#N. The second kappa shape index (κ2) is 4.81. The molecular formula is C11H11ClN2O. The van der Waals surface area contributed by atoms with Crippen molar-refractivity contribution in [3.63, 3.8) is 0 Å². The van der Waals surface area contributed by atoms with Crippen LogP contribution in [0.3, 0.4) is 0 Å². The van der Waals surface area contributed by atoms with Gasteiger partial charge < -0.3 is 5.32 Å². The molecule has 0 saturated carbocycles. The largest absolute Gasteiger partial charge is 0.337 e. The summed E-state index contributed by atoms with van der Waals surface area (Å²) in [6, 6.07) is 6.55. The lowest BCUT2D eigenvalue weighted by molar-refractivity contribution is 0.0947. The van der Waals surface area contributed by atoms with Gasteiger partial charge in [0.25, 0.3) is 5.91 Å². The molecule has 78 valence electrons. The zero-order valence-electron chi connectivity index (χ0n) is 8.54. The summed E-state index contributed by atoms with van der Waals surface area (Å²) < 4.78 is 0. The van der Waals surface area contributed by atoms with E-state index in [-0.39, 0.29) is 5.91 Å². The fraction of sp³-hybridized carbons (Fsp3) is 0.273. The molecule has 15 heavy (non-hydrogen) atoms. The van der Waals surface area contributed by atoms with Gasteiger partial charge in [0.15, 0.2) is 0 Å². The first kappa shape index (κ1) is 11.5. The maximum atomic E-state index is 11.7. The predicted octanol–water partition coefficient (Wildman–Crippen LogP) is 2.29. The Balaban J connectivity index is 2.93. The third kappa shape index (κ3) is 2.71. The molecule has 0 aliphatic heterocycles. The standard InChI is InChI=1S/C11H11ClN2O/c1-7(6-13)14-11(15)9-4-3-5-10(12)8(9)2/h3-5,7H,1-2H3,(H,14,15). The molecule has 1 unspecified atom stereocenters. The number of hydrogen-bond donors (Lipinski definition) is 1. The van der Waals surface area contributed by atoms with E-state index >= 15 is 0 Å². The monoisotopic (exact) mass is 222 g/mol. The average Bonchev–Trinajstić information content (AvgIpc) is 2.21. The molecule has 3 nitrogen and oxygen atoms in total. The van der Waals surface area contributed by atoms with Crippen LogP contribution in [0, 0.1) is 18.3 Å². The van der Waals surface area contributed by atoms with Crippen LogP contribution < -0.4 is 5.32 Å². The smallest absolute Gasteiger partial charge is 0.252 e. The molecule has 0 aliphatic carbocycles. The van der Waals surface area contributed by atoms with Crippen LogP contribution in [0.4, 0.5) is 0 Å². The van der Waals surface area contributed by atoms with Crippen molar-refractivity contribution in [2.45, 2.75) is 19.9 Å². The number of amides is 1. The summed E-state index contributed by atoms with van der Waals surface area (Å²) in [5, 5.41) is 11.7. The lowest BCUT2D eigenvalue weighted by Crippen LogP contribution is -2.31. The van der Waals surface area contributed by atoms with Gasteiger partial charge in [0.1, 0.15) is 6.04 Å². The van der Waals surface area contributed by atoms with Crippen molar-refractivity contribution in [3.8, 4) is 6.07 Å². The van der Waals surface area contributed by atoms with Gasteiger partial charge in [0, 0.05) is 10.6 Å². The van der Waals surface area contributed by atoms with Gasteiger partial charge in [-0.25, -0.2) is 0 Å². The molecule has 1 rings (SSSR count). The van der Waals surface area contributed by atoms with Gasteiger partial charge in [0.05, 0.1) is 6.07 Å². The third-order valence-electron chi connectivity index (χ3n) is 2.05. The lowest BCUT2D eigenvalue weighted by atomic mass is 10.1. The Kier molecular flexibility index (Phi) is 3.70. The Morgan fingerprint density at radius 3 is 2.87 bits per heavy atom. The van der Waals surface area contributed by atoms with Gasteiger partial charge in [-0.1, -0.05) is 17.7 Å². The number of benzene rings is 1. The van der Waals surface area contributed by atoms with Crippen LogP contribution in [-0.2, 0) is 0 Å². The molecule has 0 fully saturated rings. The Morgan fingerprint density at radius 1 is 1.60 bits per heavy atom. The van der Waals surface area contributed by atoms with E-state index in [1.54, 1.807) is 32.0 Å². The minimum Gasteiger partial charge on any atom is -0.337 e. The van der Waals surface area contributed by atoms with Gasteiger partial charge in [-0.3, -0.25) is 4.79 Å². The number of halogens is 1. The van der Waals surface area contributed by atoms with Crippen LogP contribution >= 0.6 is 11.6 Å². The second-order valence-corrected chi connectivity index (χ2v) is 3.64. The minimum atomic E-state index is -0.504. The number of nitriles is 1. The molecule has 0 spiro atoms. The minimum absolute atomic E-state index is 0.274. The molecule has 1 aromatic rings. The average molecular weight is 223 g/mol. The first-order chi connectivity index (χ1) is 7.06. The van der Waals surface area contributed by atoms with Gasteiger partial charge in [-0.05, 0) is 31.5 Å². The third-order valence-corrected chi connectivity index (χ3v) is 2.46. The Bertz CT molecular complexity index is 423. The maximum Gasteiger partial charge on any atom is 0.252 e. The van der Waals surface area contributed by atoms with Crippen LogP contribution in [0.25, 0.3) is 0 Å². The Hall–Kier alpha value is -1.53. The fourth-order valence-corrected chi connectivity index (χ4v) is 1.33. The number of nitrogens with one attached hydrogen (secondary N) is 1. The van der Waals surface area contributed by atoms with Crippen molar-refractivity contribution in [1.82, 2.24) is 5.32 Å². The van der Waals surface area contributed by atoms with Crippen molar-refractivity contribution < 1.29 is 4.79 Å². The molecule has 1 atom stereocenters. The Labute approximate surface area is 93.7 Å². The lowest BCUT2D eigenvalue weighted by Gasteiger charge is -2.09. The molecule has 1 amide bonds. The van der Waals surface area contributed by atoms with Gasteiger partial charge in [-0.15, -0.1) is 0 Å². The fourth-order valence-electron chi connectivity index (χ4n) is 1.16. The highest BCUT2D eigenvalue weighted by Gasteiger charge is 2.12. The van der Waals surface area contributed by atoms with Crippen molar-refractivity contribution >= 4 is 17.5 Å². The summed E-state index contributed by atoms with van der Waals surface area (Å²) in [5.41, 5.74) is 1.23. The highest BCUT2D eigenvalue weighted by Crippen LogP contribution is 2.18. The van der Waals surface area contributed by atoms with Gasteiger partial charge in [0.2, 0.25) is 0 Å². The quantitative estimate of drug-likeness (QED) is 0.835. The molecule has 0 aromatic heterocycles. The number of carbonyl (C=O) groups is 1. The van der Waals surface area contributed by atoms with E-state index in [4.69, 9.17) is 16.9 Å². The topological polar surface area (TPSA) is 52.9 Å². The van der Waals surface area contributed by atoms with Crippen molar-refractivity contribution in [3.05, 3.63) is 34.3 Å². The van der Waals surface area contributed by atoms with Crippen LogP contribution in [0.2, 0.25) is 5.02 Å². The normalized spacial score (nSPS) is 11.6. The van der Waals surface area contributed by atoms with Gasteiger partial charge in [-0.2, -0.15) is 5.26 Å². The zero-order chi connectivity index (χ0) is 11.4. The van der Waals surface area contributed by atoms with E-state index < -0.39 is 6.04 Å². The summed E-state index contributed by atoms with van der Waals surface area (Å²) in [5.74, 6) is -0.274. The first-order valence-corrected chi connectivity index (χ1v) is 4.89. The molecule has 4 heteroatoms.